The van der Waals surface area contributed by atoms with E-state index in [0.29, 0.717) is 0 Å². The molecular formula is C25H46N2O9. The number of carbonyl (C=O) groups excluding carboxylic acids is 1. The van der Waals surface area contributed by atoms with E-state index in [1.165, 1.54) is 7.05 Å². The summed E-state index contributed by atoms with van der Waals surface area (Å²) < 4.78 is 17.7. The van der Waals surface area contributed by atoms with Crippen LogP contribution in [0.4, 0.5) is 0 Å². The summed E-state index contributed by atoms with van der Waals surface area (Å²) in [7, 11) is 1.45. The highest BCUT2D eigenvalue weighted by molar-refractivity contribution is 5.79. The van der Waals surface area contributed by atoms with Gasteiger partial charge in [-0.15, -0.1) is 0 Å². The lowest BCUT2D eigenvalue weighted by atomic mass is 9.82. The molecule has 2 rings (SSSR count). The molecule has 11 nitrogen and oxygen atoms in total. The Morgan fingerprint density at radius 2 is 1.83 bits per heavy atom. The fraction of sp³-hybridized carbons (Fsp3) is 0.880. The molecule has 2 aliphatic rings. The normalized spacial score (nSPS) is 39.5. The number of allylic oxidation sites excluding steroid dienone is 1. The Bertz CT molecular complexity index is 736. The standard InChI is InChI=1S/C25H46N2O9/c1-12(2)7-8-15(35-24-22(31)20(26)21(30)14(5)34-24)9-18-19(23(32)27-6)17(29)11-25(33,36-18)10-16(28)13(3)4/h7-8,12-22,24,28-31,33H,9-11,26H2,1-6H3,(H,27,32)/b8-7+/t14?,15-,16+,17-,18?,19?,20?,21?,22?,24?,25+/m0/s1. The van der Waals surface area contributed by atoms with Gasteiger partial charge in [0, 0.05) is 26.3 Å². The number of hydrogen-bond donors (Lipinski definition) is 7. The lowest BCUT2D eigenvalue weighted by molar-refractivity contribution is -0.307. The molecule has 0 aromatic rings. The van der Waals surface area contributed by atoms with Crippen LogP contribution in [0.1, 0.15) is 53.9 Å². The number of hydrogen-bond acceptors (Lipinski definition) is 10. The van der Waals surface area contributed by atoms with E-state index in [0.717, 1.165) is 0 Å². The molecule has 0 saturated carbocycles. The predicted octanol–water partition coefficient (Wildman–Crippen LogP) is -0.625. The van der Waals surface area contributed by atoms with E-state index < -0.39 is 72.7 Å². The van der Waals surface area contributed by atoms with Crippen molar-refractivity contribution < 1.29 is 44.5 Å². The first-order valence-corrected chi connectivity index (χ1v) is 12.8. The van der Waals surface area contributed by atoms with Crippen molar-refractivity contribution in [2.45, 2.75) is 115 Å². The summed E-state index contributed by atoms with van der Waals surface area (Å²) in [6, 6.07) is -0.984. The highest BCUT2D eigenvalue weighted by Crippen LogP contribution is 2.38. The van der Waals surface area contributed by atoms with Crippen LogP contribution in [0, 0.1) is 17.8 Å². The van der Waals surface area contributed by atoms with Crippen LogP contribution in [-0.2, 0) is 19.0 Å². The summed E-state index contributed by atoms with van der Waals surface area (Å²) in [4.78, 5) is 12.7. The van der Waals surface area contributed by atoms with E-state index in [2.05, 4.69) is 5.32 Å². The van der Waals surface area contributed by atoms with Gasteiger partial charge >= 0.3 is 0 Å². The molecule has 2 fully saturated rings. The number of aliphatic hydroxyl groups is 5. The van der Waals surface area contributed by atoms with Crippen molar-refractivity contribution in [2.75, 3.05) is 7.05 Å². The van der Waals surface area contributed by atoms with E-state index >= 15 is 0 Å². The Morgan fingerprint density at radius 1 is 1.19 bits per heavy atom. The number of carbonyl (C=O) groups is 1. The van der Waals surface area contributed by atoms with Gasteiger partial charge in [-0.1, -0.05) is 39.8 Å². The van der Waals surface area contributed by atoms with Gasteiger partial charge in [-0.2, -0.15) is 0 Å². The van der Waals surface area contributed by atoms with Crippen LogP contribution in [0.15, 0.2) is 12.2 Å². The van der Waals surface area contributed by atoms with E-state index in [1.807, 2.05) is 19.9 Å². The third-order valence-electron chi connectivity index (χ3n) is 6.94. The molecule has 210 valence electrons. The molecular weight excluding hydrogens is 472 g/mol. The lowest BCUT2D eigenvalue weighted by Crippen LogP contribution is -2.62. The van der Waals surface area contributed by atoms with Gasteiger partial charge in [0.1, 0.15) is 6.10 Å². The Hall–Kier alpha value is -1.15. The zero-order valence-corrected chi connectivity index (χ0v) is 22.2. The largest absolute Gasteiger partial charge is 0.393 e. The maximum atomic E-state index is 12.7. The average Bonchev–Trinajstić information content (AvgIpc) is 2.78. The molecule has 11 heteroatoms. The van der Waals surface area contributed by atoms with Crippen molar-refractivity contribution in [1.29, 1.82) is 0 Å². The minimum absolute atomic E-state index is 0.0250. The molecule has 0 aromatic carbocycles. The van der Waals surface area contributed by atoms with E-state index in [4.69, 9.17) is 19.9 Å². The molecule has 0 radical (unpaired) electrons. The highest BCUT2D eigenvalue weighted by Gasteiger charge is 2.50. The maximum Gasteiger partial charge on any atom is 0.228 e. The zero-order valence-electron chi connectivity index (χ0n) is 22.2. The van der Waals surface area contributed by atoms with Crippen molar-refractivity contribution in [3.05, 3.63) is 12.2 Å². The zero-order chi connectivity index (χ0) is 27.4. The van der Waals surface area contributed by atoms with Crippen LogP contribution in [0.25, 0.3) is 0 Å². The number of nitrogens with one attached hydrogen (secondary N) is 1. The Balaban J connectivity index is 2.32. The molecule has 11 atom stereocenters. The van der Waals surface area contributed by atoms with Crippen molar-refractivity contribution in [2.24, 2.45) is 23.5 Å². The summed E-state index contributed by atoms with van der Waals surface area (Å²) in [6.45, 7) is 9.16. The fourth-order valence-electron chi connectivity index (χ4n) is 4.61. The Kier molecular flexibility index (Phi) is 11.3. The quantitative estimate of drug-likeness (QED) is 0.184. The van der Waals surface area contributed by atoms with Crippen LogP contribution in [-0.4, -0.2) is 99.3 Å². The maximum absolute atomic E-state index is 12.7. The minimum atomic E-state index is -1.85. The number of ether oxygens (including phenoxy) is 3. The molecule has 8 N–H and O–H groups in total. The van der Waals surface area contributed by atoms with E-state index in [9.17, 15) is 30.3 Å². The highest BCUT2D eigenvalue weighted by atomic mass is 16.7. The van der Waals surface area contributed by atoms with E-state index in [-0.39, 0.29) is 31.1 Å². The van der Waals surface area contributed by atoms with Gasteiger partial charge in [-0.3, -0.25) is 4.79 Å². The monoisotopic (exact) mass is 518 g/mol. The molecule has 2 heterocycles. The number of amides is 1. The van der Waals surface area contributed by atoms with Crippen molar-refractivity contribution in [3.63, 3.8) is 0 Å². The smallest absolute Gasteiger partial charge is 0.228 e. The second kappa shape index (κ2) is 13.1. The summed E-state index contributed by atoms with van der Waals surface area (Å²) >= 11 is 0. The Morgan fingerprint density at radius 3 is 2.39 bits per heavy atom. The summed E-state index contributed by atoms with van der Waals surface area (Å²) in [5.41, 5.74) is 5.94. The van der Waals surface area contributed by atoms with Crippen molar-refractivity contribution in [3.8, 4) is 0 Å². The average molecular weight is 519 g/mol. The third kappa shape index (κ3) is 7.92. The molecule has 2 aliphatic heterocycles. The molecule has 36 heavy (non-hydrogen) atoms. The molecule has 2 saturated heterocycles. The lowest BCUT2D eigenvalue weighted by Gasteiger charge is -2.46. The number of aliphatic hydroxyl groups excluding tert-OH is 4. The summed E-state index contributed by atoms with van der Waals surface area (Å²) in [5, 5.41) is 55.6. The van der Waals surface area contributed by atoms with Crippen molar-refractivity contribution in [1.82, 2.24) is 5.32 Å². The predicted molar refractivity (Wildman–Crippen MR) is 131 cm³/mol. The Labute approximate surface area is 213 Å². The van der Waals surface area contributed by atoms with Crippen LogP contribution in [0.2, 0.25) is 0 Å². The first-order chi connectivity index (χ1) is 16.7. The minimum Gasteiger partial charge on any atom is -0.393 e. The van der Waals surface area contributed by atoms with Gasteiger partial charge < -0.3 is 50.8 Å². The molecule has 1 amide bonds. The molecule has 0 aromatic heterocycles. The van der Waals surface area contributed by atoms with Gasteiger partial charge in [-0.25, -0.2) is 0 Å². The van der Waals surface area contributed by atoms with Gasteiger partial charge in [0.25, 0.3) is 0 Å². The van der Waals surface area contributed by atoms with Crippen molar-refractivity contribution >= 4 is 5.91 Å². The van der Waals surface area contributed by atoms with Crippen LogP contribution in [0.5, 0.6) is 0 Å². The third-order valence-corrected chi connectivity index (χ3v) is 6.94. The van der Waals surface area contributed by atoms with Gasteiger partial charge in [-0.05, 0) is 18.8 Å². The second-order valence-corrected chi connectivity index (χ2v) is 10.8. The number of rotatable bonds is 10. The fourth-order valence-corrected chi connectivity index (χ4v) is 4.61. The number of nitrogens with two attached hydrogens (primary N) is 1. The van der Waals surface area contributed by atoms with Gasteiger partial charge in [0.05, 0.1) is 48.6 Å². The van der Waals surface area contributed by atoms with Gasteiger partial charge in [0.2, 0.25) is 5.91 Å². The van der Waals surface area contributed by atoms with Crippen LogP contribution in [0.3, 0.4) is 0 Å². The molecule has 0 spiro atoms. The van der Waals surface area contributed by atoms with Crippen LogP contribution >= 0.6 is 0 Å². The first kappa shape index (κ1) is 31.1. The van der Waals surface area contributed by atoms with Crippen LogP contribution < -0.4 is 11.1 Å². The second-order valence-electron chi connectivity index (χ2n) is 10.8. The molecule has 7 unspecified atom stereocenters. The summed E-state index contributed by atoms with van der Waals surface area (Å²) in [5.74, 6) is -3.32. The topological polar surface area (TPSA) is 184 Å². The summed E-state index contributed by atoms with van der Waals surface area (Å²) in [6.07, 6.45) is -4.82. The molecule has 0 aliphatic carbocycles. The first-order valence-electron chi connectivity index (χ1n) is 12.8. The molecule has 0 bridgehead atoms. The van der Waals surface area contributed by atoms with E-state index in [1.54, 1.807) is 26.8 Å². The van der Waals surface area contributed by atoms with Gasteiger partial charge in [0.15, 0.2) is 12.1 Å². The SMILES string of the molecule is CNC(=O)C1C(C[C@H](/C=C/C(C)C)OC2OC(C)C(O)C(N)C2O)O[C@](O)(C[C@@H](O)C(C)C)C[C@@H]1O.